The highest BCUT2D eigenvalue weighted by atomic mass is 35.5. The molecule has 1 aliphatic carbocycles. The minimum absolute atomic E-state index is 0.225. The smallest absolute Gasteiger partial charge is 0.224 e. The van der Waals surface area contributed by atoms with Gasteiger partial charge in [0.15, 0.2) is 0 Å². The van der Waals surface area contributed by atoms with Crippen molar-refractivity contribution in [3.8, 4) is 0 Å². The molecular weight excluding hydrogens is 209 g/mol. The Morgan fingerprint density at radius 2 is 2.23 bits per heavy atom. The summed E-state index contributed by atoms with van der Waals surface area (Å²) in [6, 6.07) is 0. The summed E-state index contributed by atoms with van der Waals surface area (Å²) in [6.07, 6.45) is 4.10. The summed E-state index contributed by atoms with van der Waals surface area (Å²) in [5.41, 5.74) is 0. The Bertz CT molecular complexity index is 312. The number of nitrogens with one attached hydrogen (secondary N) is 1. The van der Waals surface area contributed by atoms with Gasteiger partial charge in [0.25, 0.3) is 0 Å². The zero-order valence-corrected chi connectivity index (χ0v) is 8.44. The summed E-state index contributed by atoms with van der Waals surface area (Å²) >= 11 is 11.5. The first kappa shape index (κ1) is 9.03. The van der Waals surface area contributed by atoms with E-state index in [2.05, 4.69) is 15.3 Å². The summed E-state index contributed by atoms with van der Waals surface area (Å²) in [5.74, 6) is 1.42. The molecule has 0 radical (unpaired) electrons. The molecule has 1 fully saturated rings. The summed E-state index contributed by atoms with van der Waals surface area (Å²) in [4.78, 5) is 7.75. The van der Waals surface area contributed by atoms with E-state index in [1.807, 2.05) is 0 Å². The van der Waals surface area contributed by atoms with Gasteiger partial charge >= 0.3 is 0 Å². The van der Waals surface area contributed by atoms with Crippen molar-refractivity contribution in [3.63, 3.8) is 0 Å². The molecule has 1 aromatic rings. The lowest BCUT2D eigenvalue weighted by molar-refractivity contribution is 0.881. The largest absolute Gasteiger partial charge is 0.368 e. The van der Waals surface area contributed by atoms with Crippen molar-refractivity contribution >= 4 is 29.0 Å². The van der Waals surface area contributed by atoms with Crippen LogP contribution in [0.15, 0.2) is 6.20 Å². The maximum Gasteiger partial charge on any atom is 0.224 e. The van der Waals surface area contributed by atoms with E-state index in [0.717, 1.165) is 12.5 Å². The predicted octanol–water partition coefficient (Wildman–Crippen LogP) is 2.61. The molecule has 13 heavy (non-hydrogen) atoms. The minimum Gasteiger partial charge on any atom is -0.368 e. The minimum atomic E-state index is 0.225. The van der Waals surface area contributed by atoms with Gasteiger partial charge in [0.2, 0.25) is 5.28 Å². The standard InChI is InChI=1S/C8H9Cl2N3/c9-6-4-12-8(10)13-7(6)11-3-5-1-2-5/h4-5H,1-3H2,(H,11,12,13). The predicted molar refractivity (Wildman–Crippen MR) is 53.3 cm³/mol. The molecule has 0 amide bonds. The normalized spacial score (nSPS) is 15.8. The second-order valence-corrected chi connectivity index (χ2v) is 3.91. The number of hydrogen-bond acceptors (Lipinski definition) is 3. The maximum atomic E-state index is 5.85. The van der Waals surface area contributed by atoms with Crippen molar-refractivity contribution < 1.29 is 0 Å². The SMILES string of the molecule is Clc1ncc(Cl)c(NCC2CC2)n1. The fourth-order valence-corrected chi connectivity index (χ4v) is 1.32. The number of nitrogens with zero attached hydrogens (tertiary/aromatic N) is 2. The Balaban J connectivity index is 2.03. The molecule has 1 aliphatic rings. The van der Waals surface area contributed by atoms with Gasteiger partial charge in [-0.3, -0.25) is 0 Å². The average Bonchev–Trinajstić information content (AvgIpc) is 2.90. The van der Waals surface area contributed by atoms with Gasteiger partial charge in [-0.15, -0.1) is 0 Å². The summed E-state index contributed by atoms with van der Waals surface area (Å²) in [7, 11) is 0. The van der Waals surface area contributed by atoms with Gasteiger partial charge in [0.1, 0.15) is 10.8 Å². The lowest BCUT2D eigenvalue weighted by Gasteiger charge is -2.05. The molecule has 0 spiro atoms. The van der Waals surface area contributed by atoms with Gasteiger partial charge in [-0.1, -0.05) is 11.6 Å². The molecular formula is C8H9Cl2N3. The van der Waals surface area contributed by atoms with Crippen LogP contribution in [0.5, 0.6) is 0 Å². The van der Waals surface area contributed by atoms with Crippen LogP contribution in [0, 0.1) is 5.92 Å². The lowest BCUT2D eigenvalue weighted by atomic mass is 10.4. The molecule has 1 heterocycles. The van der Waals surface area contributed by atoms with E-state index in [4.69, 9.17) is 23.2 Å². The highest BCUT2D eigenvalue weighted by Gasteiger charge is 2.21. The quantitative estimate of drug-likeness (QED) is 0.792. The molecule has 0 atom stereocenters. The van der Waals surface area contributed by atoms with Crippen LogP contribution in [0.3, 0.4) is 0 Å². The first-order chi connectivity index (χ1) is 6.25. The van der Waals surface area contributed by atoms with Gasteiger partial charge in [-0.05, 0) is 30.4 Å². The summed E-state index contributed by atoms with van der Waals surface area (Å²) in [5, 5.41) is 3.89. The summed E-state index contributed by atoms with van der Waals surface area (Å²) < 4.78 is 0. The van der Waals surface area contributed by atoms with Crippen molar-refractivity contribution in [2.75, 3.05) is 11.9 Å². The third-order valence-corrected chi connectivity index (χ3v) is 2.43. The Hall–Kier alpha value is -0.540. The van der Waals surface area contributed by atoms with E-state index in [1.54, 1.807) is 0 Å². The van der Waals surface area contributed by atoms with Gasteiger partial charge in [-0.2, -0.15) is 4.98 Å². The van der Waals surface area contributed by atoms with Crippen LogP contribution in [-0.2, 0) is 0 Å². The van der Waals surface area contributed by atoms with Crippen LogP contribution in [0.2, 0.25) is 10.3 Å². The topological polar surface area (TPSA) is 37.8 Å². The molecule has 0 saturated heterocycles. The number of aromatic nitrogens is 2. The molecule has 1 aromatic heterocycles. The third-order valence-electron chi connectivity index (χ3n) is 1.97. The highest BCUT2D eigenvalue weighted by Crippen LogP contribution is 2.29. The molecule has 0 bridgehead atoms. The Morgan fingerprint density at radius 1 is 1.46 bits per heavy atom. The second kappa shape index (κ2) is 3.68. The third kappa shape index (κ3) is 2.45. The molecule has 70 valence electrons. The average molecular weight is 218 g/mol. The maximum absolute atomic E-state index is 5.85. The highest BCUT2D eigenvalue weighted by molar-refractivity contribution is 6.33. The van der Waals surface area contributed by atoms with Crippen molar-refractivity contribution in [2.24, 2.45) is 5.92 Å². The monoisotopic (exact) mass is 217 g/mol. The molecule has 2 rings (SSSR count). The Kier molecular flexibility index (Phi) is 2.56. The van der Waals surface area contributed by atoms with Crippen LogP contribution in [0.4, 0.5) is 5.82 Å². The molecule has 1 N–H and O–H groups in total. The fraction of sp³-hybridized carbons (Fsp3) is 0.500. The van der Waals surface area contributed by atoms with E-state index in [9.17, 15) is 0 Å². The van der Waals surface area contributed by atoms with Gasteiger partial charge in [0.05, 0.1) is 6.20 Å². The van der Waals surface area contributed by atoms with Crippen molar-refractivity contribution in [1.29, 1.82) is 0 Å². The zero-order valence-electron chi connectivity index (χ0n) is 6.93. The molecule has 0 aliphatic heterocycles. The number of hydrogen-bond donors (Lipinski definition) is 1. The zero-order chi connectivity index (χ0) is 9.26. The molecule has 0 aromatic carbocycles. The summed E-state index contributed by atoms with van der Waals surface area (Å²) in [6.45, 7) is 0.924. The Morgan fingerprint density at radius 3 is 2.92 bits per heavy atom. The van der Waals surface area contributed by atoms with Crippen LogP contribution in [0.25, 0.3) is 0 Å². The van der Waals surface area contributed by atoms with E-state index in [0.29, 0.717) is 10.8 Å². The first-order valence-electron chi connectivity index (χ1n) is 4.17. The van der Waals surface area contributed by atoms with E-state index in [-0.39, 0.29) is 5.28 Å². The van der Waals surface area contributed by atoms with Crippen molar-refractivity contribution in [2.45, 2.75) is 12.8 Å². The number of halogens is 2. The molecule has 0 unspecified atom stereocenters. The number of anilines is 1. The number of rotatable bonds is 3. The van der Waals surface area contributed by atoms with Crippen LogP contribution >= 0.6 is 23.2 Å². The van der Waals surface area contributed by atoms with Gasteiger partial charge in [-0.25, -0.2) is 4.98 Å². The van der Waals surface area contributed by atoms with Crippen molar-refractivity contribution in [3.05, 3.63) is 16.5 Å². The fourth-order valence-electron chi connectivity index (χ4n) is 1.03. The lowest BCUT2D eigenvalue weighted by Crippen LogP contribution is -2.05. The first-order valence-corrected chi connectivity index (χ1v) is 4.93. The van der Waals surface area contributed by atoms with E-state index >= 15 is 0 Å². The molecule has 5 heteroatoms. The molecule has 3 nitrogen and oxygen atoms in total. The van der Waals surface area contributed by atoms with Crippen LogP contribution in [-0.4, -0.2) is 16.5 Å². The van der Waals surface area contributed by atoms with Gasteiger partial charge in [0, 0.05) is 6.54 Å². The second-order valence-electron chi connectivity index (χ2n) is 3.16. The van der Waals surface area contributed by atoms with E-state index < -0.39 is 0 Å². The molecule has 1 saturated carbocycles. The van der Waals surface area contributed by atoms with Crippen LogP contribution in [0.1, 0.15) is 12.8 Å². The van der Waals surface area contributed by atoms with Crippen molar-refractivity contribution in [1.82, 2.24) is 9.97 Å². The van der Waals surface area contributed by atoms with Crippen LogP contribution < -0.4 is 5.32 Å². The Labute approximate surface area is 86.5 Å². The van der Waals surface area contributed by atoms with E-state index in [1.165, 1.54) is 19.0 Å². The van der Waals surface area contributed by atoms with Gasteiger partial charge < -0.3 is 5.32 Å².